The number of hydrogen-bond acceptors (Lipinski definition) is 3. The Morgan fingerprint density at radius 3 is 2.42 bits per heavy atom. The van der Waals surface area contributed by atoms with E-state index in [-0.39, 0.29) is 0 Å². The van der Waals surface area contributed by atoms with Crippen molar-refractivity contribution in [3.63, 3.8) is 0 Å². The summed E-state index contributed by atoms with van der Waals surface area (Å²) >= 11 is 0. The van der Waals surface area contributed by atoms with Gasteiger partial charge in [0.1, 0.15) is 5.75 Å². The van der Waals surface area contributed by atoms with E-state index in [0.29, 0.717) is 12.5 Å². The van der Waals surface area contributed by atoms with Crippen LogP contribution in [-0.2, 0) is 19.9 Å². The number of aryl methyl sites for hydroxylation is 1. The van der Waals surface area contributed by atoms with Gasteiger partial charge in [-0.3, -0.25) is 4.68 Å². The molecule has 1 aromatic heterocycles. The Morgan fingerprint density at radius 1 is 1.21 bits per heavy atom. The molecule has 0 fully saturated rings. The molecular weight excluding hydrogens is 238 g/mol. The summed E-state index contributed by atoms with van der Waals surface area (Å²) in [6.07, 6.45) is 5.92. The van der Waals surface area contributed by atoms with Crippen LogP contribution in [0.1, 0.15) is 11.1 Å². The van der Waals surface area contributed by atoms with Crippen LogP contribution >= 0.6 is 0 Å². The van der Waals surface area contributed by atoms with Gasteiger partial charge in [0.15, 0.2) is 0 Å². The fourth-order valence-corrected chi connectivity index (χ4v) is 2.24. The molecule has 2 rings (SSSR count). The Kier molecular flexibility index (Phi) is 4.58. The minimum Gasteiger partial charge on any atom is -0.497 e. The first kappa shape index (κ1) is 13.6. The summed E-state index contributed by atoms with van der Waals surface area (Å²) in [5.74, 6) is 1.33. The first-order valence-corrected chi connectivity index (χ1v) is 6.51. The Hall–Kier alpha value is -1.81. The molecule has 2 aromatic rings. The minimum absolute atomic E-state index is 0.442. The molecule has 4 heteroatoms. The molecule has 1 aromatic carbocycles. The molecule has 0 amide bonds. The highest BCUT2D eigenvalue weighted by molar-refractivity contribution is 5.27. The number of nitrogens with two attached hydrogens (primary N) is 1. The fraction of sp³-hybridized carbons (Fsp3) is 0.400. The van der Waals surface area contributed by atoms with Crippen LogP contribution in [0.4, 0.5) is 0 Å². The van der Waals surface area contributed by atoms with Crippen LogP contribution in [-0.4, -0.2) is 23.4 Å². The molecule has 19 heavy (non-hydrogen) atoms. The van der Waals surface area contributed by atoms with E-state index in [0.717, 1.165) is 18.6 Å². The molecule has 0 radical (unpaired) electrons. The number of hydrogen-bond donors (Lipinski definition) is 1. The summed E-state index contributed by atoms with van der Waals surface area (Å²) in [7, 11) is 3.62. The van der Waals surface area contributed by atoms with Crippen LogP contribution in [0, 0.1) is 5.92 Å². The van der Waals surface area contributed by atoms with Gasteiger partial charge in [-0.05, 0) is 48.6 Å². The van der Waals surface area contributed by atoms with Gasteiger partial charge < -0.3 is 10.5 Å². The Bertz CT molecular complexity index is 504. The van der Waals surface area contributed by atoms with Gasteiger partial charge in [-0.2, -0.15) is 5.10 Å². The summed E-state index contributed by atoms with van der Waals surface area (Å²) in [6.45, 7) is 0.681. The first-order chi connectivity index (χ1) is 9.21. The first-order valence-electron chi connectivity index (χ1n) is 6.51. The molecular formula is C15H21N3O. The highest BCUT2D eigenvalue weighted by Crippen LogP contribution is 2.17. The van der Waals surface area contributed by atoms with Crippen molar-refractivity contribution in [2.45, 2.75) is 12.8 Å². The van der Waals surface area contributed by atoms with Crippen LogP contribution in [0.2, 0.25) is 0 Å². The van der Waals surface area contributed by atoms with Gasteiger partial charge in [0.05, 0.1) is 13.3 Å². The number of ether oxygens (including phenoxy) is 1. The average molecular weight is 259 g/mol. The van der Waals surface area contributed by atoms with Gasteiger partial charge in [-0.15, -0.1) is 0 Å². The van der Waals surface area contributed by atoms with E-state index in [1.54, 1.807) is 7.11 Å². The topological polar surface area (TPSA) is 53.1 Å². The third-order valence-electron chi connectivity index (χ3n) is 3.30. The molecule has 102 valence electrons. The predicted octanol–water partition coefficient (Wildman–Crippen LogP) is 1.79. The van der Waals surface area contributed by atoms with E-state index in [4.69, 9.17) is 10.5 Å². The van der Waals surface area contributed by atoms with Gasteiger partial charge >= 0.3 is 0 Å². The highest BCUT2D eigenvalue weighted by Gasteiger charge is 2.10. The van der Waals surface area contributed by atoms with Crippen LogP contribution < -0.4 is 10.5 Å². The maximum Gasteiger partial charge on any atom is 0.118 e. The number of methoxy groups -OCH3 is 1. The van der Waals surface area contributed by atoms with Gasteiger partial charge in [0.25, 0.3) is 0 Å². The minimum atomic E-state index is 0.442. The lowest BCUT2D eigenvalue weighted by Gasteiger charge is -2.14. The summed E-state index contributed by atoms with van der Waals surface area (Å²) < 4.78 is 6.99. The van der Waals surface area contributed by atoms with E-state index in [9.17, 15) is 0 Å². The van der Waals surface area contributed by atoms with Crippen LogP contribution in [0.3, 0.4) is 0 Å². The van der Waals surface area contributed by atoms with E-state index >= 15 is 0 Å². The largest absolute Gasteiger partial charge is 0.497 e. The summed E-state index contributed by atoms with van der Waals surface area (Å²) in [5, 5.41) is 4.19. The van der Waals surface area contributed by atoms with Crippen LogP contribution in [0.5, 0.6) is 5.75 Å². The van der Waals surface area contributed by atoms with E-state index in [1.807, 2.05) is 30.1 Å². The van der Waals surface area contributed by atoms with Gasteiger partial charge in [-0.1, -0.05) is 12.1 Å². The lowest BCUT2D eigenvalue weighted by atomic mass is 9.94. The SMILES string of the molecule is COc1ccc(CC(CN)Cc2cnn(C)c2)cc1. The Labute approximate surface area is 114 Å². The van der Waals surface area contributed by atoms with E-state index in [2.05, 4.69) is 23.4 Å². The third-order valence-corrected chi connectivity index (χ3v) is 3.30. The average Bonchev–Trinajstić information content (AvgIpc) is 2.84. The number of benzene rings is 1. The summed E-state index contributed by atoms with van der Waals surface area (Å²) in [6, 6.07) is 8.19. The van der Waals surface area contributed by atoms with Gasteiger partial charge in [0, 0.05) is 13.2 Å². The quantitative estimate of drug-likeness (QED) is 0.860. The van der Waals surface area contributed by atoms with Crippen LogP contribution in [0.25, 0.3) is 0 Å². The van der Waals surface area contributed by atoms with Crippen molar-refractivity contribution in [1.29, 1.82) is 0 Å². The van der Waals surface area contributed by atoms with Crippen molar-refractivity contribution in [1.82, 2.24) is 9.78 Å². The second-order valence-corrected chi connectivity index (χ2v) is 4.88. The molecule has 1 heterocycles. The van der Waals surface area contributed by atoms with Crippen molar-refractivity contribution >= 4 is 0 Å². The molecule has 0 aliphatic heterocycles. The molecule has 1 atom stereocenters. The third kappa shape index (κ3) is 3.83. The van der Waals surface area contributed by atoms with E-state index in [1.165, 1.54) is 11.1 Å². The predicted molar refractivity (Wildman–Crippen MR) is 76.2 cm³/mol. The molecule has 0 saturated carbocycles. The Balaban J connectivity index is 1.97. The molecule has 0 spiro atoms. The normalized spacial score (nSPS) is 12.4. The second kappa shape index (κ2) is 6.38. The zero-order chi connectivity index (χ0) is 13.7. The van der Waals surface area contributed by atoms with Crippen LogP contribution in [0.15, 0.2) is 36.7 Å². The van der Waals surface area contributed by atoms with E-state index < -0.39 is 0 Å². The zero-order valence-corrected chi connectivity index (χ0v) is 11.5. The lowest BCUT2D eigenvalue weighted by molar-refractivity contribution is 0.414. The smallest absolute Gasteiger partial charge is 0.118 e. The van der Waals surface area contributed by atoms with Crippen molar-refractivity contribution in [3.05, 3.63) is 47.8 Å². The standard InChI is InChI=1S/C15H21N3O/c1-18-11-14(10-17-18)8-13(9-16)7-12-3-5-15(19-2)6-4-12/h3-6,10-11,13H,7-9,16H2,1-2H3. The Morgan fingerprint density at radius 2 is 1.89 bits per heavy atom. The molecule has 0 bridgehead atoms. The maximum atomic E-state index is 5.88. The van der Waals surface area contributed by atoms with Crippen molar-refractivity contribution in [3.8, 4) is 5.75 Å². The second-order valence-electron chi connectivity index (χ2n) is 4.88. The molecule has 0 saturated heterocycles. The molecule has 0 aliphatic rings. The highest BCUT2D eigenvalue weighted by atomic mass is 16.5. The number of aromatic nitrogens is 2. The monoisotopic (exact) mass is 259 g/mol. The van der Waals surface area contributed by atoms with Crippen molar-refractivity contribution in [2.24, 2.45) is 18.7 Å². The molecule has 1 unspecified atom stereocenters. The zero-order valence-electron chi connectivity index (χ0n) is 11.5. The molecule has 0 aliphatic carbocycles. The fourth-order valence-electron chi connectivity index (χ4n) is 2.24. The summed E-state index contributed by atoms with van der Waals surface area (Å²) in [4.78, 5) is 0. The lowest BCUT2D eigenvalue weighted by Crippen LogP contribution is -2.19. The number of rotatable bonds is 6. The summed E-state index contributed by atoms with van der Waals surface area (Å²) in [5.41, 5.74) is 8.41. The maximum absolute atomic E-state index is 5.88. The molecule has 2 N–H and O–H groups in total. The van der Waals surface area contributed by atoms with Crippen molar-refractivity contribution in [2.75, 3.05) is 13.7 Å². The van der Waals surface area contributed by atoms with Gasteiger partial charge in [0.2, 0.25) is 0 Å². The van der Waals surface area contributed by atoms with Gasteiger partial charge in [-0.25, -0.2) is 0 Å². The van der Waals surface area contributed by atoms with Crippen molar-refractivity contribution < 1.29 is 4.74 Å². The number of nitrogens with zero attached hydrogens (tertiary/aromatic N) is 2. The molecule has 4 nitrogen and oxygen atoms in total.